The Morgan fingerprint density at radius 2 is 1.58 bits per heavy atom. The summed E-state index contributed by atoms with van der Waals surface area (Å²) in [5, 5.41) is 2.63. The third-order valence-corrected chi connectivity index (χ3v) is 12.9. The standard InChI is InChI=1S/C42H54ClF3N8O8/c1-49-16-17-53(34(25-49)39(57)61-26-36(55)50-18-20-60-21-19-50)29-7-11-51(12-8-29)38(56)35(24-27-22-31(42(44,45)46)37(47)32(43)23-27)62-41(59)52-13-9-30(10-14-52)54-15-6-28-4-2-3-5-33(28)48-40(54)58/h2-5,22-23,29-30,34-35H,6-21,24-26,47H2,1H3,(H,48,58)/t34-,35+/m0/s1. The summed E-state index contributed by atoms with van der Waals surface area (Å²) in [6.07, 6.45) is -5.02. The van der Waals surface area contributed by atoms with Gasteiger partial charge in [0.05, 0.1) is 29.5 Å². The zero-order chi connectivity index (χ0) is 44.1. The highest BCUT2D eigenvalue weighted by molar-refractivity contribution is 6.33. The molecule has 4 saturated heterocycles. The van der Waals surface area contributed by atoms with Gasteiger partial charge < -0.3 is 49.8 Å². The molecule has 2 aromatic rings. The van der Waals surface area contributed by atoms with Crippen molar-refractivity contribution >= 4 is 52.9 Å². The van der Waals surface area contributed by atoms with Crippen molar-refractivity contribution in [2.24, 2.45) is 0 Å². The minimum absolute atomic E-state index is 0.00957. The molecule has 16 nitrogen and oxygen atoms in total. The lowest BCUT2D eigenvalue weighted by Crippen LogP contribution is -2.61. The molecule has 3 N–H and O–H groups in total. The Morgan fingerprint density at radius 3 is 2.29 bits per heavy atom. The number of nitrogens with zero attached hydrogens (tertiary/aromatic N) is 6. The van der Waals surface area contributed by atoms with Gasteiger partial charge >= 0.3 is 24.3 Å². The number of benzene rings is 2. The van der Waals surface area contributed by atoms with Crippen LogP contribution in [0.3, 0.4) is 0 Å². The third-order valence-electron chi connectivity index (χ3n) is 12.6. The predicted octanol–water partition coefficient (Wildman–Crippen LogP) is 3.55. The first-order chi connectivity index (χ1) is 29.7. The minimum atomic E-state index is -4.83. The maximum atomic E-state index is 14.3. The number of nitrogen functional groups attached to an aromatic ring is 1. The molecule has 20 heteroatoms. The summed E-state index contributed by atoms with van der Waals surface area (Å²) in [5.74, 6) is -1.37. The first-order valence-corrected chi connectivity index (χ1v) is 21.6. The summed E-state index contributed by atoms with van der Waals surface area (Å²) in [7, 11) is 1.90. The lowest BCUT2D eigenvalue weighted by atomic mass is 9.97. The molecule has 5 aliphatic heterocycles. The van der Waals surface area contributed by atoms with Gasteiger partial charge in [-0.1, -0.05) is 29.8 Å². The number of anilines is 2. The minimum Gasteiger partial charge on any atom is -0.454 e. The van der Waals surface area contributed by atoms with E-state index in [1.807, 2.05) is 36.2 Å². The van der Waals surface area contributed by atoms with Crippen LogP contribution in [0.15, 0.2) is 36.4 Å². The number of hydrogen-bond acceptors (Lipinski definition) is 11. The van der Waals surface area contributed by atoms with E-state index in [2.05, 4.69) is 10.2 Å². The number of hydrogen-bond donors (Lipinski definition) is 2. The van der Waals surface area contributed by atoms with Gasteiger partial charge in [-0.15, -0.1) is 0 Å². The summed E-state index contributed by atoms with van der Waals surface area (Å²) in [4.78, 5) is 77.9. The largest absolute Gasteiger partial charge is 0.454 e. The van der Waals surface area contributed by atoms with Crippen LogP contribution in [0.4, 0.5) is 34.1 Å². The van der Waals surface area contributed by atoms with Crippen molar-refractivity contribution in [1.29, 1.82) is 0 Å². The molecule has 0 saturated carbocycles. The molecule has 2 atom stereocenters. The monoisotopic (exact) mass is 890 g/mol. The van der Waals surface area contributed by atoms with Crippen molar-refractivity contribution in [3.63, 3.8) is 0 Å². The fraction of sp³-hybridized carbons (Fsp3) is 0.595. The molecule has 7 rings (SSSR count). The lowest BCUT2D eigenvalue weighted by Gasteiger charge is -2.46. The normalized spacial score (nSPS) is 21.8. The van der Waals surface area contributed by atoms with E-state index in [9.17, 15) is 37.1 Å². The lowest BCUT2D eigenvalue weighted by molar-refractivity contribution is -0.161. The average Bonchev–Trinajstić information content (AvgIpc) is 3.44. The average molecular weight is 891 g/mol. The van der Waals surface area contributed by atoms with Crippen LogP contribution in [0, 0.1) is 0 Å². The van der Waals surface area contributed by atoms with E-state index in [-0.39, 0.29) is 67.4 Å². The number of morpholine rings is 1. The van der Waals surface area contributed by atoms with Crippen LogP contribution in [0.5, 0.6) is 0 Å². The number of piperidine rings is 2. The van der Waals surface area contributed by atoms with Crippen LogP contribution in [0.2, 0.25) is 5.02 Å². The summed E-state index contributed by atoms with van der Waals surface area (Å²) in [6.45, 7) is 4.41. The molecule has 2 aromatic carbocycles. The van der Waals surface area contributed by atoms with Crippen LogP contribution < -0.4 is 11.1 Å². The number of nitrogens with one attached hydrogen (secondary N) is 1. The molecule has 62 heavy (non-hydrogen) atoms. The van der Waals surface area contributed by atoms with Gasteiger partial charge in [0, 0.05) is 89.6 Å². The van der Waals surface area contributed by atoms with Crippen LogP contribution in [0.1, 0.15) is 42.4 Å². The smallest absolute Gasteiger partial charge is 0.418 e. The number of urea groups is 1. The second-order valence-electron chi connectivity index (χ2n) is 16.5. The fourth-order valence-corrected chi connectivity index (χ4v) is 9.29. The molecule has 0 spiro atoms. The molecule has 338 valence electrons. The number of para-hydroxylation sites is 1. The number of amides is 5. The Labute approximate surface area is 363 Å². The second kappa shape index (κ2) is 19.7. The van der Waals surface area contributed by atoms with E-state index in [1.165, 1.54) is 15.9 Å². The van der Waals surface area contributed by atoms with Crippen molar-refractivity contribution < 1.29 is 51.4 Å². The molecule has 0 aromatic heterocycles. The van der Waals surface area contributed by atoms with E-state index >= 15 is 0 Å². The predicted molar refractivity (Wildman–Crippen MR) is 221 cm³/mol. The molecule has 0 unspecified atom stereocenters. The van der Waals surface area contributed by atoms with E-state index in [1.54, 1.807) is 9.80 Å². The Bertz CT molecular complexity index is 1970. The highest BCUT2D eigenvalue weighted by Gasteiger charge is 2.41. The van der Waals surface area contributed by atoms with E-state index in [0.29, 0.717) is 84.6 Å². The van der Waals surface area contributed by atoms with Crippen LogP contribution in [-0.4, -0.2) is 176 Å². The Morgan fingerprint density at radius 1 is 0.903 bits per heavy atom. The molecule has 4 fully saturated rings. The molecule has 5 amide bonds. The van der Waals surface area contributed by atoms with E-state index < -0.39 is 54.0 Å². The van der Waals surface area contributed by atoms with Crippen molar-refractivity contribution in [2.75, 3.05) is 103 Å². The molecule has 0 radical (unpaired) electrons. The van der Waals surface area contributed by atoms with Gasteiger partial charge in [-0.25, -0.2) is 9.59 Å². The number of esters is 1. The number of halogens is 4. The second-order valence-corrected chi connectivity index (χ2v) is 16.9. The Hall–Kier alpha value is -4.85. The van der Waals surface area contributed by atoms with Crippen molar-refractivity contribution in [3.8, 4) is 0 Å². The first-order valence-electron chi connectivity index (χ1n) is 21.2. The van der Waals surface area contributed by atoms with Gasteiger partial charge in [-0.3, -0.25) is 19.3 Å². The number of fused-ring (bicyclic) bond motifs is 1. The Balaban J connectivity index is 0.999. The number of carbonyl (C=O) groups excluding carboxylic acids is 5. The highest BCUT2D eigenvalue weighted by atomic mass is 35.5. The number of ether oxygens (including phenoxy) is 3. The summed E-state index contributed by atoms with van der Waals surface area (Å²) >= 11 is 6.16. The third kappa shape index (κ3) is 10.7. The molecule has 0 bridgehead atoms. The number of likely N-dealkylation sites (tertiary alicyclic amines) is 2. The van der Waals surface area contributed by atoms with Crippen LogP contribution in [-0.2, 0) is 47.6 Å². The Kier molecular flexibility index (Phi) is 14.3. The maximum absolute atomic E-state index is 14.3. The van der Waals surface area contributed by atoms with Gasteiger partial charge in [0.2, 0.25) is 0 Å². The summed E-state index contributed by atoms with van der Waals surface area (Å²) in [6, 6.07) is 8.55. The first kappa shape index (κ1) is 45.2. The molecular weight excluding hydrogens is 837 g/mol. The summed E-state index contributed by atoms with van der Waals surface area (Å²) in [5.41, 5.74) is 5.70. The number of rotatable bonds is 9. The summed E-state index contributed by atoms with van der Waals surface area (Å²) < 4.78 is 58.7. The number of piperazine rings is 1. The topological polar surface area (TPSA) is 171 Å². The number of nitrogens with two attached hydrogens (primary N) is 1. The number of likely N-dealkylation sites (N-methyl/N-ethyl adjacent to an activating group) is 1. The van der Waals surface area contributed by atoms with Crippen LogP contribution in [0.25, 0.3) is 0 Å². The van der Waals surface area contributed by atoms with Gasteiger partial charge in [0.1, 0.15) is 6.04 Å². The van der Waals surface area contributed by atoms with E-state index in [0.717, 1.165) is 17.3 Å². The zero-order valence-corrected chi connectivity index (χ0v) is 35.5. The van der Waals surface area contributed by atoms with Crippen molar-refractivity contribution in [2.45, 2.75) is 68.9 Å². The highest BCUT2D eigenvalue weighted by Crippen LogP contribution is 2.38. The van der Waals surface area contributed by atoms with Gasteiger partial charge in [-0.05, 0) is 68.5 Å². The van der Waals surface area contributed by atoms with Gasteiger partial charge in [-0.2, -0.15) is 13.2 Å². The van der Waals surface area contributed by atoms with Crippen molar-refractivity contribution in [1.82, 2.24) is 29.4 Å². The molecule has 5 aliphatic rings. The van der Waals surface area contributed by atoms with Crippen LogP contribution >= 0.6 is 11.6 Å². The number of alkyl halides is 3. The molecule has 5 heterocycles. The van der Waals surface area contributed by atoms with E-state index in [4.69, 9.17) is 31.5 Å². The molecule has 0 aliphatic carbocycles. The molecular formula is C42H54ClF3N8O8. The maximum Gasteiger partial charge on any atom is 0.418 e. The SMILES string of the molecule is CN1CCN(C2CCN(C(=O)[C@@H](Cc3cc(Cl)c(N)c(C(F)(F)F)c3)OC(=O)N3CCC(N4CCc5ccccc5NC4=O)CC3)CC2)[C@H](C(=O)OCC(=O)N2CCOCC2)C1. The quantitative estimate of drug-likeness (QED) is 0.279. The fourth-order valence-electron chi connectivity index (χ4n) is 9.05. The van der Waals surface area contributed by atoms with Crippen molar-refractivity contribution in [3.05, 3.63) is 58.1 Å². The zero-order valence-electron chi connectivity index (χ0n) is 34.7. The number of carbonyl (C=O) groups is 5. The van der Waals surface area contributed by atoms with Gasteiger partial charge in [0.15, 0.2) is 12.7 Å². The van der Waals surface area contributed by atoms with Gasteiger partial charge in [0.25, 0.3) is 11.8 Å².